The van der Waals surface area contributed by atoms with Crippen LogP contribution in [0.2, 0.25) is 0 Å². The van der Waals surface area contributed by atoms with Crippen LogP contribution in [0.4, 0.5) is 13.2 Å². The molecule has 0 fully saturated rings. The molecule has 1 aromatic carbocycles. The van der Waals surface area contributed by atoms with E-state index in [4.69, 9.17) is 10.8 Å². The lowest BCUT2D eigenvalue weighted by Gasteiger charge is -2.20. The van der Waals surface area contributed by atoms with Crippen molar-refractivity contribution >= 4 is 0 Å². The molecular weight excluding hydrogens is 243 g/mol. The Bertz CT molecular complexity index is 398. The molecule has 5 heteroatoms. The topological polar surface area (TPSA) is 46.2 Å². The van der Waals surface area contributed by atoms with Crippen molar-refractivity contribution in [3.8, 4) is 0 Å². The summed E-state index contributed by atoms with van der Waals surface area (Å²) in [6, 6.07) is 4.30. The van der Waals surface area contributed by atoms with E-state index in [9.17, 15) is 13.2 Å². The highest BCUT2D eigenvalue weighted by molar-refractivity contribution is 5.30. The minimum Gasteiger partial charge on any atom is -0.395 e. The number of aliphatic hydroxyl groups is 1. The van der Waals surface area contributed by atoms with Gasteiger partial charge >= 0.3 is 6.18 Å². The van der Waals surface area contributed by atoms with Crippen LogP contribution in [0.1, 0.15) is 24.0 Å². The van der Waals surface area contributed by atoms with Crippen molar-refractivity contribution in [1.82, 2.24) is 0 Å². The molecule has 0 saturated carbocycles. The molecule has 1 rings (SSSR count). The lowest BCUT2D eigenvalue weighted by atomic mass is 9.91. The number of hydrogen-bond donors (Lipinski definition) is 2. The molecule has 0 saturated heterocycles. The SMILES string of the molecule is C/C=C/[C@@H](c1ccc(C(F)(F)F)cc1)[C@H](N)CO. The van der Waals surface area contributed by atoms with Crippen LogP contribution in [-0.2, 0) is 6.18 Å². The maximum absolute atomic E-state index is 12.4. The number of aliphatic hydroxyl groups excluding tert-OH is 1. The first-order valence-corrected chi connectivity index (χ1v) is 5.56. The second-order valence-corrected chi connectivity index (χ2v) is 4.02. The zero-order valence-corrected chi connectivity index (χ0v) is 9.98. The molecule has 0 amide bonds. The quantitative estimate of drug-likeness (QED) is 0.817. The first-order chi connectivity index (χ1) is 8.40. The Morgan fingerprint density at radius 1 is 1.28 bits per heavy atom. The molecule has 2 atom stereocenters. The van der Waals surface area contributed by atoms with Gasteiger partial charge in [0.2, 0.25) is 0 Å². The highest BCUT2D eigenvalue weighted by Gasteiger charge is 2.30. The third-order valence-corrected chi connectivity index (χ3v) is 2.69. The zero-order chi connectivity index (χ0) is 13.8. The minimum absolute atomic E-state index is 0.226. The average molecular weight is 259 g/mol. The van der Waals surface area contributed by atoms with Gasteiger partial charge in [0.25, 0.3) is 0 Å². The van der Waals surface area contributed by atoms with Crippen molar-refractivity contribution in [3.05, 3.63) is 47.5 Å². The van der Waals surface area contributed by atoms with Crippen LogP contribution in [0.15, 0.2) is 36.4 Å². The first-order valence-electron chi connectivity index (χ1n) is 5.56. The van der Waals surface area contributed by atoms with Gasteiger partial charge in [-0.3, -0.25) is 0 Å². The van der Waals surface area contributed by atoms with Crippen LogP contribution >= 0.6 is 0 Å². The highest BCUT2D eigenvalue weighted by atomic mass is 19.4. The van der Waals surface area contributed by atoms with E-state index in [0.717, 1.165) is 12.1 Å². The lowest BCUT2D eigenvalue weighted by Crippen LogP contribution is -2.31. The predicted octanol–water partition coefficient (Wildman–Crippen LogP) is 2.68. The van der Waals surface area contributed by atoms with Crippen molar-refractivity contribution < 1.29 is 18.3 Å². The van der Waals surface area contributed by atoms with Crippen LogP contribution in [0.3, 0.4) is 0 Å². The van der Waals surface area contributed by atoms with Gasteiger partial charge in [-0.15, -0.1) is 0 Å². The Morgan fingerprint density at radius 2 is 1.83 bits per heavy atom. The van der Waals surface area contributed by atoms with Crippen molar-refractivity contribution in [2.75, 3.05) is 6.61 Å². The van der Waals surface area contributed by atoms with Gasteiger partial charge in [0, 0.05) is 12.0 Å². The molecule has 0 bridgehead atoms. The Kier molecular flexibility index (Phi) is 4.93. The molecule has 100 valence electrons. The molecule has 0 heterocycles. The predicted molar refractivity (Wildman–Crippen MR) is 64.1 cm³/mol. The Morgan fingerprint density at radius 3 is 2.22 bits per heavy atom. The van der Waals surface area contributed by atoms with Crippen LogP contribution in [0, 0.1) is 0 Å². The highest BCUT2D eigenvalue weighted by Crippen LogP contribution is 2.30. The molecule has 18 heavy (non-hydrogen) atoms. The third-order valence-electron chi connectivity index (χ3n) is 2.69. The summed E-state index contributed by atoms with van der Waals surface area (Å²) >= 11 is 0. The number of alkyl halides is 3. The fourth-order valence-corrected chi connectivity index (χ4v) is 1.72. The van der Waals surface area contributed by atoms with E-state index in [2.05, 4.69) is 0 Å². The van der Waals surface area contributed by atoms with E-state index in [1.807, 2.05) is 0 Å². The van der Waals surface area contributed by atoms with E-state index in [1.54, 1.807) is 19.1 Å². The van der Waals surface area contributed by atoms with Gasteiger partial charge in [-0.25, -0.2) is 0 Å². The van der Waals surface area contributed by atoms with Gasteiger partial charge in [-0.05, 0) is 24.6 Å². The second kappa shape index (κ2) is 6.02. The monoisotopic (exact) mass is 259 g/mol. The van der Waals surface area contributed by atoms with Gasteiger partial charge < -0.3 is 10.8 Å². The van der Waals surface area contributed by atoms with Crippen molar-refractivity contribution in [1.29, 1.82) is 0 Å². The number of halogens is 3. The fourth-order valence-electron chi connectivity index (χ4n) is 1.72. The zero-order valence-electron chi connectivity index (χ0n) is 9.98. The molecule has 0 radical (unpaired) electrons. The van der Waals surface area contributed by atoms with E-state index in [-0.39, 0.29) is 12.5 Å². The number of benzene rings is 1. The minimum atomic E-state index is -4.34. The third kappa shape index (κ3) is 3.58. The Labute approximate surface area is 104 Å². The molecule has 0 aromatic heterocycles. The maximum atomic E-state index is 12.4. The van der Waals surface area contributed by atoms with E-state index >= 15 is 0 Å². The van der Waals surface area contributed by atoms with Crippen LogP contribution < -0.4 is 5.73 Å². The molecule has 0 aliphatic heterocycles. The Balaban J connectivity index is 3.01. The summed E-state index contributed by atoms with van der Waals surface area (Å²) in [5.74, 6) is -0.290. The summed E-state index contributed by atoms with van der Waals surface area (Å²) in [4.78, 5) is 0. The van der Waals surface area contributed by atoms with Gasteiger partial charge in [0.15, 0.2) is 0 Å². The summed E-state index contributed by atoms with van der Waals surface area (Å²) in [6.45, 7) is 1.57. The van der Waals surface area contributed by atoms with Crippen LogP contribution in [0.5, 0.6) is 0 Å². The van der Waals surface area contributed by atoms with Crippen LogP contribution in [-0.4, -0.2) is 17.8 Å². The molecule has 0 unspecified atom stereocenters. The number of rotatable bonds is 4. The van der Waals surface area contributed by atoms with Gasteiger partial charge in [-0.1, -0.05) is 24.3 Å². The van der Waals surface area contributed by atoms with Crippen molar-refractivity contribution in [3.63, 3.8) is 0 Å². The van der Waals surface area contributed by atoms with E-state index in [0.29, 0.717) is 5.56 Å². The van der Waals surface area contributed by atoms with Gasteiger partial charge in [0.05, 0.1) is 12.2 Å². The van der Waals surface area contributed by atoms with E-state index in [1.165, 1.54) is 12.1 Å². The Hall–Kier alpha value is -1.33. The van der Waals surface area contributed by atoms with Crippen LogP contribution in [0.25, 0.3) is 0 Å². The number of allylic oxidation sites excluding steroid dienone is 1. The lowest BCUT2D eigenvalue weighted by molar-refractivity contribution is -0.137. The summed E-state index contributed by atoms with van der Waals surface area (Å²) in [7, 11) is 0. The largest absolute Gasteiger partial charge is 0.416 e. The molecule has 2 nitrogen and oxygen atoms in total. The summed E-state index contributed by atoms with van der Waals surface area (Å²) < 4.78 is 37.2. The number of nitrogens with two attached hydrogens (primary N) is 1. The first kappa shape index (κ1) is 14.7. The van der Waals surface area contributed by atoms with Crippen molar-refractivity contribution in [2.24, 2.45) is 5.73 Å². The molecule has 0 aliphatic carbocycles. The maximum Gasteiger partial charge on any atom is 0.416 e. The smallest absolute Gasteiger partial charge is 0.395 e. The average Bonchev–Trinajstić information content (AvgIpc) is 2.34. The number of hydrogen-bond acceptors (Lipinski definition) is 2. The molecule has 0 aliphatic rings. The van der Waals surface area contributed by atoms with Gasteiger partial charge in [0.1, 0.15) is 0 Å². The molecular formula is C13H16F3NO. The van der Waals surface area contributed by atoms with Crippen molar-refractivity contribution in [2.45, 2.75) is 25.1 Å². The second-order valence-electron chi connectivity index (χ2n) is 4.02. The fraction of sp³-hybridized carbons (Fsp3) is 0.385. The molecule has 3 N–H and O–H groups in total. The summed E-state index contributed by atoms with van der Waals surface area (Å²) in [5.41, 5.74) is 5.70. The normalized spacial score (nSPS) is 15.9. The van der Waals surface area contributed by atoms with E-state index < -0.39 is 17.8 Å². The standard InChI is InChI=1S/C13H16F3NO/c1-2-3-11(12(17)8-18)9-4-6-10(7-5-9)13(14,15)16/h2-7,11-12,18H,8,17H2,1H3/b3-2+/t11-,12+/m0/s1. The molecule has 1 aromatic rings. The van der Waals surface area contributed by atoms with Gasteiger partial charge in [-0.2, -0.15) is 13.2 Å². The summed E-state index contributed by atoms with van der Waals surface area (Å²) in [6.07, 6.45) is -0.810. The summed E-state index contributed by atoms with van der Waals surface area (Å²) in [5, 5.41) is 9.04. The molecule has 0 spiro atoms.